The van der Waals surface area contributed by atoms with Crippen molar-refractivity contribution in [3.8, 4) is 22.6 Å². The number of piperidine rings is 1. The third-order valence-corrected chi connectivity index (χ3v) is 6.67. The van der Waals surface area contributed by atoms with E-state index >= 15 is 0 Å². The molecule has 196 valence electrons. The van der Waals surface area contributed by atoms with Crippen LogP contribution in [0.1, 0.15) is 38.3 Å². The van der Waals surface area contributed by atoms with Gasteiger partial charge in [0.15, 0.2) is 5.82 Å². The van der Waals surface area contributed by atoms with Crippen LogP contribution in [0, 0.1) is 11.2 Å². The number of halogens is 1. The maximum atomic E-state index is 13.6. The van der Waals surface area contributed by atoms with Gasteiger partial charge in [-0.15, -0.1) is 0 Å². The molecular weight excluding hydrogens is 477 g/mol. The highest BCUT2D eigenvalue weighted by molar-refractivity contribution is 5.83. The van der Waals surface area contributed by atoms with E-state index in [0.717, 1.165) is 32.4 Å². The monoisotopic (exact) mass is 509 g/mol. The molecule has 5 rings (SSSR count). The van der Waals surface area contributed by atoms with Crippen molar-refractivity contribution in [2.45, 2.75) is 32.5 Å². The fourth-order valence-electron chi connectivity index (χ4n) is 4.64. The Morgan fingerprint density at radius 3 is 2.59 bits per heavy atom. The van der Waals surface area contributed by atoms with Crippen molar-refractivity contribution in [3.63, 3.8) is 0 Å². The molecule has 4 heterocycles. The predicted octanol–water partition coefficient (Wildman–Crippen LogP) is 3.11. The SMILES string of the molecule is CC1(C(=O)N2CCCCC2)COC(c2nc(-c3ccc(F)cc3)c(-c3ccnc(NCCN)n3)[nH]2)OC1. The molecule has 11 heteroatoms. The van der Waals surface area contributed by atoms with Gasteiger partial charge in [0.05, 0.1) is 35.7 Å². The van der Waals surface area contributed by atoms with E-state index in [2.05, 4.69) is 20.3 Å². The summed E-state index contributed by atoms with van der Waals surface area (Å²) in [5, 5.41) is 3.07. The number of likely N-dealkylation sites (tertiary alicyclic amines) is 1. The van der Waals surface area contributed by atoms with Gasteiger partial charge >= 0.3 is 0 Å². The second-order valence-corrected chi connectivity index (χ2v) is 9.70. The van der Waals surface area contributed by atoms with Crippen LogP contribution in [0.4, 0.5) is 10.3 Å². The van der Waals surface area contributed by atoms with Crippen LogP contribution in [0.25, 0.3) is 22.6 Å². The summed E-state index contributed by atoms with van der Waals surface area (Å²) >= 11 is 0. The Morgan fingerprint density at radius 1 is 1.16 bits per heavy atom. The second kappa shape index (κ2) is 10.9. The average molecular weight is 510 g/mol. The first kappa shape index (κ1) is 25.2. The summed E-state index contributed by atoms with van der Waals surface area (Å²) in [5.74, 6) is 0.599. The van der Waals surface area contributed by atoms with Crippen molar-refractivity contribution in [3.05, 3.63) is 48.2 Å². The number of amides is 1. The van der Waals surface area contributed by atoms with Gasteiger partial charge in [0.25, 0.3) is 0 Å². The molecule has 2 aromatic heterocycles. The number of nitrogens with two attached hydrogens (primary N) is 1. The zero-order valence-corrected chi connectivity index (χ0v) is 20.9. The number of benzene rings is 1. The highest BCUT2D eigenvalue weighted by atomic mass is 19.1. The number of carbonyl (C=O) groups is 1. The van der Waals surface area contributed by atoms with Crippen LogP contribution in [0.5, 0.6) is 0 Å². The molecule has 10 nitrogen and oxygen atoms in total. The molecule has 2 fully saturated rings. The number of H-pyrrole nitrogens is 1. The standard InChI is InChI=1S/C26H32FN7O3/c1-26(24(35)34-13-3-2-4-14-34)15-36-23(37-16-26)22-32-20(17-5-7-18(27)8-6-17)21(33-22)19-9-11-29-25(31-19)30-12-10-28/h5-9,11,23H,2-4,10,12-16,28H2,1H3,(H,32,33)(H,29,30,31). The minimum absolute atomic E-state index is 0.0660. The molecular formula is C26H32FN7O3. The summed E-state index contributed by atoms with van der Waals surface area (Å²) in [4.78, 5) is 32.0. The number of ether oxygens (including phenoxy) is 2. The Morgan fingerprint density at radius 2 is 1.89 bits per heavy atom. The number of rotatable bonds is 7. The maximum absolute atomic E-state index is 13.6. The number of anilines is 1. The number of carbonyl (C=O) groups excluding carboxylic acids is 1. The van der Waals surface area contributed by atoms with E-state index in [1.807, 2.05) is 11.8 Å². The van der Waals surface area contributed by atoms with Gasteiger partial charge in [-0.2, -0.15) is 0 Å². The number of aromatic nitrogens is 4. The number of hydrogen-bond acceptors (Lipinski definition) is 8. The quantitative estimate of drug-likeness (QED) is 0.443. The van der Waals surface area contributed by atoms with Crippen molar-refractivity contribution in [1.29, 1.82) is 0 Å². The molecule has 0 atom stereocenters. The lowest BCUT2D eigenvalue weighted by Crippen LogP contribution is -2.51. The van der Waals surface area contributed by atoms with Crippen LogP contribution in [0.15, 0.2) is 36.5 Å². The summed E-state index contributed by atoms with van der Waals surface area (Å²) in [7, 11) is 0. The first-order valence-electron chi connectivity index (χ1n) is 12.6. The highest BCUT2D eigenvalue weighted by Gasteiger charge is 2.43. The fourth-order valence-corrected chi connectivity index (χ4v) is 4.64. The molecule has 0 aliphatic carbocycles. The van der Waals surface area contributed by atoms with Crippen molar-refractivity contribution in [2.75, 3.05) is 44.7 Å². The average Bonchev–Trinajstić information content (AvgIpc) is 3.38. The van der Waals surface area contributed by atoms with Gasteiger partial charge in [-0.25, -0.2) is 19.3 Å². The lowest BCUT2D eigenvalue weighted by atomic mass is 9.89. The predicted molar refractivity (Wildman–Crippen MR) is 136 cm³/mol. The van der Waals surface area contributed by atoms with E-state index in [1.54, 1.807) is 24.4 Å². The van der Waals surface area contributed by atoms with Gasteiger partial charge in [0.1, 0.15) is 5.82 Å². The number of nitrogens with one attached hydrogen (secondary N) is 2. The van der Waals surface area contributed by atoms with E-state index < -0.39 is 11.7 Å². The number of hydrogen-bond donors (Lipinski definition) is 3. The van der Waals surface area contributed by atoms with E-state index in [0.29, 0.717) is 47.5 Å². The smallest absolute Gasteiger partial charge is 0.233 e. The first-order valence-corrected chi connectivity index (χ1v) is 12.6. The molecule has 0 saturated carbocycles. The van der Waals surface area contributed by atoms with Gasteiger partial charge < -0.3 is 30.4 Å². The summed E-state index contributed by atoms with van der Waals surface area (Å²) in [6.07, 6.45) is 4.07. The zero-order valence-electron chi connectivity index (χ0n) is 20.9. The maximum Gasteiger partial charge on any atom is 0.233 e. The Kier molecular flexibility index (Phi) is 7.45. The summed E-state index contributed by atoms with van der Waals surface area (Å²) in [5.41, 5.74) is 7.32. The topological polar surface area (TPSA) is 131 Å². The molecule has 2 aliphatic heterocycles. The molecule has 0 bridgehead atoms. The van der Waals surface area contributed by atoms with Gasteiger partial charge in [-0.05, 0) is 56.5 Å². The minimum Gasteiger partial charge on any atom is -0.353 e. The lowest BCUT2D eigenvalue weighted by Gasteiger charge is -2.40. The van der Waals surface area contributed by atoms with Gasteiger partial charge in [-0.1, -0.05) is 0 Å². The van der Waals surface area contributed by atoms with Crippen LogP contribution in [-0.2, 0) is 14.3 Å². The largest absolute Gasteiger partial charge is 0.353 e. The summed E-state index contributed by atoms with van der Waals surface area (Å²) in [6, 6.07) is 7.84. The molecule has 0 unspecified atom stereocenters. The van der Waals surface area contributed by atoms with Crippen molar-refractivity contribution in [2.24, 2.45) is 11.1 Å². The van der Waals surface area contributed by atoms with E-state index in [-0.39, 0.29) is 24.9 Å². The van der Waals surface area contributed by atoms with Gasteiger partial charge in [0.2, 0.25) is 18.1 Å². The van der Waals surface area contributed by atoms with Crippen LogP contribution in [0.2, 0.25) is 0 Å². The fraction of sp³-hybridized carbons (Fsp3) is 0.462. The van der Waals surface area contributed by atoms with Crippen molar-refractivity contribution in [1.82, 2.24) is 24.8 Å². The highest BCUT2D eigenvalue weighted by Crippen LogP contribution is 2.36. The third-order valence-electron chi connectivity index (χ3n) is 6.67. The van der Waals surface area contributed by atoms with Gasteiger partial charge in [0, 0.05) is 37.9 Å². The summed E-state index contributed by atoms with van der Waals surface area (Å²) < 4.78 is 25.7. The Balaban J connectivity index is 1.40. The molecule has 4 N–H and O–H groups in total. The molecule has 1 aromatic carbocycles. The molecule has 0 spiro atoms. The normalized spacial score (nSPS) is 22.1. The molecule has 1 amide bonds. The first-order chi connectivity index (χ1) is 18.0. The van der Waals surface area contributed by atoms with E-state index in [1.165, 1.54) is 12.1 Å². The molecule has 3 aromatic rings. The Hall–Kier alpha value is -3.41. The van der Waals surface area contributed by atoms with Crippen LogP contribution < -0.4 is 11.1 Å². The van der Waals surface area contributed by atoms with Crippen LogP contribution >= 0.6 is 0 Å². The van der Waals surface area contributed by atoms with Crippen molar-refractivity contribution >= 4 is 11.9 Å². The van der Waals surface area contributed by atoms with Crippen LogP contribution in [0.3, 0.4) is 0 Å². The number of nitrogens with zero attached hydrogens (tertiary/aromatic N) is 4. The zero-order chi connectivity index (χ0) is 25.8. The Bertz CT molecular complexity index is 1220. The summed E-state index contributed by atoms with van der Waals surface area (Å²) in [6.45, 7) is 4.85. The Labute approximate surface area is 214 Å². The number of aromatic amines is 1. The van der Waals surface area contributed by atoms with Crippen LogP contribution in [-0.4, -0.2) is 70.1 Å². The van der Waals surface area contributed by atoms with Gasteiger partial charge in [-0.3, -0.25) is 4.79 Å². The molecule has 2 saturated heterocycles. The minimum atomic E-state index is -0.785. The van der Waals surface area contributed by atoms with Crippen molar-refractivity contribution < 1.29 is 18.7 Å². The molecule has 2 aliphatic rings. The second-order valence-electron chi connectivity index (χ2n) is 9.70. The molecule has 37 heavy (non-hydrogen) atoms. The van der Waals surface area contributed by atoms with E-state index in [4.69, 9.17) is 20.2 Å². The number of imidazole rings is 1. The lowest BCUT2D eigenvalue weighted by molar-refractivity contribution is -0.234. The third kappa shape index (κ3) is 5.48. The van der Waals surface area contributed by atoms with E-state index in [9.17, 15) is 9.18 Å². The molecule has 0 radical (unpaired) electrons.